The second-order valence-corrected chi connectivity index (χ2v) is 9.01. The average molecular weight is 367 g/mol. The molecule has 0 amide bonds. The van der Waals surface area contributed by atoms with Crippen molar-refractivity contribution in [2.24, 2.45) is 11.8 Å². The largest absolute Gasteiger partial charge is 0.0654 e. The van der Waals surface area contributed by atoms with Crippen molar-refractivity contribution in [3.05, 3.63) is 0 Å². The lowest BCUT2D eigenvalue weighted by atomic mass is 9.82. The summed E-state index contributed by atoms with van der Waals surface area (Å²) in [6, 6.07) is 0. The molecule has 0 aliphatic heterocycles. The normalized spacial score (nSPS) is 13.8. The minimum absolute atomic E-state index is 1.03. The lowest BCUT2D eigenvalue weighted by Gasteiger charge is -2.24. The van der Waals surface area contributed by atoms with Gasteiger partial charge in [-0.15, -0.1) is 0 Å². The highest BCUT2D eigenvalue weighted by atomic mass is 14.2. The summed E-state index contributed by atoms with van der Waals surface area (Å²) in [5, 5.41) is 0. The Labute approximate surface area is 168 Å². The van der Waals surface area contributed by atoms with E-state index in [0.717, 1.165) is 11.8 Å². The van der Waals surface area contributed by atoms with Crippen LogP contribution in [0.2, 0.25) is 0 Å². The minimum atomic E-state index is 1.03. The van der Waals surface area contributed by atoms with Crippen LogP contribution in [0.1, 0.15) is 156 Å². The van der Waals surface area contributed by atoms with Crippen molar-refractivity contribution < 1.29 is 0 Å². The Morgan fingerprint density at radius 2 is 0.654 bits per heavy atom. The third-order valence-electron chi connectivity index (χ3n) is 6.28. The summed E-state index contributed by atoms with van der Waals surface area (Å²) in [5.41, 5.74) is 0. The molecule has 0 nitrogen and oxygen atoms in total. The van der Waals surface area contributed by atoms with Crippen LogP contribution in [0.4, 0.5) is 0 Å². The van der Waals surface area contributed by atoms with Gasteiger partial charge in [-0.2, -0.15) is 0 Å². The molecule has 0 rings (SSSR count). The zero-order valence-electron chi connectivity index (χ0n) is 19.3. The molecule has 0 spiro atoms. The van der Waals surface area contributed by atoms with Gasteiger partial charge in [-0.3, -0.25) is 0 Å². The zero-order chi connectivity index (χ0) is 19.3. The second-order valence-electron chi connectivity index (χ2n) is 9.01. The molecule has 2 atom stereocenters. The van der Waals surface area contributed by atoms with Gasteiger partial charge < -0.3 is 0 Å². The topological polar surface area (TPSA) is 0 Å². The first kappa shape index (κ1) is 26.0. The monoisotopic (exact) mass is 366 g/mol. The van der Waals surface area contributed by atoms with Gasteiger partial charge in [-0.05, 0) is 18.3 Å². The highest BCUT2D eigenvalue weighted by Crippen LogP contribution is 2.30. The Morgan fingerprint density at radius 1 is 0.346 bits per heavy atom. The molecule has 2 unspecified atom stereocenters. The van der Waals surface area contributed by atoms with Crippen molar-refractivity contribution in [2.45, 2.75) is 156 Å². The molecule has 0 aromatic carbocycles. The molecule has 0 saturated heterocycles. The van der Waals surface area contributed by atoms with Gasteiger partial charge in [0.2, 0.25) is 0 Å². The SMILES string of the molecule is CCCCCCCCC(CCCC)CC(CCCCC)CCCCCC. The second kappa shape index (κ2) is 21.3. The van der Waals surface area contributed by atoms with Crippen molar-refractivity contribution in [2.75, 3.05) is 0 Å². The molecular formula is C26H54. The summed E-state index contributed by atoms with van der Waals surface area (Å²) in [6.45, 7) is 9.37. The fourth-order valence-corrected chi connectivity index (χ4v) is 4.48. The first-order chi connectivity index (χ1) is 12.8. The van der Waals surface area contributed by atoms with Gasteiger partial charge in [0.15, 0.2) is 0 Å². The first-order valence-corrected chi connectivity index (χ1v) is 12.8. The molecule has 0 aliphatic carbocycles. The smallest absolute Gasteiger partial charge is 0.0412 e. The molecule has 0 saturated carbocycles. The van der Waals surface area contributed by atoms with Gasteiger partial charge in [0.1, 0.15) is 0 Å². The Bertz CT molecular complexity index is 244. The van der Waals surface area contributed by atoms with Gasteiger partial charge in [0, 0.05) is 0 Å². The summed E-state index contributed by atoms with van der Waals surface area (Å²) in [6.07, 6.45) is 29.2. The molecule has 26 heavy (non-hydrogen) atoms. The standard InChI is InChI=1S/C26H54/c1-5-9-13-15-16-19-23-25(20-12-8-4)24-26(21-17-11-7-3)22-18-14-10-6-2/h25-26H,5-24H2,1-4H3. The van der Waals surface area contributed by atoms with E-state index in [1.165, 1.54) is 122 Å². The van der Waals surface area contributed by atoms with Gasteiger partial charge in [-0.1, -0.05) is 150 Å². The summed E-state index contributed by atoms with van der Waals surface area (Å²) in [7, 11) is 0. The maximum atomic E-state index is 2.37. The predicted octanol–water partition coefficient (Wildman–Crippen LogP) is 10.1. The Balaban J connectivity index is 4.27. The van der Waals surface area contributed by atoms with Crippen LogP contribution in [-0.2, 0) is 0 Å². The van der Waals surface area contributed by atoms with E-state index >= 15 is 0 Å². The molecule has 0 N–H and O–H groups in total. The fourth-order valence-electron chi connectivity index (χ4n) is 4.48. The van der Waals surface area contributed by atoms with Crippen molar-refractivity contribution in [3.63, 3.8) is 0 Å². The predicted molar refractivity (Wildman–Crippen MR) is 122 cm³/mol. The molecule has 0 radical (unpaired) electrons. The van der Waals surface area contributed by atoms with E-state index in [0.29, 0.717) is 0 Å². The molecule has 0 aliphatic rings. The van der Waals surface area contributed by atoms with Crippen LogP contribution in [0.3, 0.4) is 0 Å². The van der Waals surface area contributed by atoms with Crippen molar-refractivity contribution in [3.8, 4) is 0 Å². The fraction of sp³-hybridized carbons (Fsp3) is 1.00. The molecule has 0 heterocycles. The summed E-state index contributed by atoms with van der Waals surface area (Å²) in [4.78, 5) is 0. The average Bonchev–Trinajstić information content (AvgIpc) is 2.65. The number of hydrogen-bond donors (Lipinski definition) is 0. The molecule has 0 aromatic heterocycles. The Hall–Kier alpha value is 0. The van der Waals surface area contributed by atoms with Crippen LogP contribution < -0.4 is 0 Å². The first-order valence-electron chi connectivity index (χ1n) is 12.8. The molecule has 0 aromatic rings. The minimum Gasteiger partial charge on any atom is -0.0654 e. The number of rotatable bonds is 21. The summed E-state index contributed by atoms with van der Waals surface area (Å²) < 4.78 is 0. The number of hydrogen-bond acceptors (Lipinski definition) is 0. The van der Waals surface area contributed by atoms with Crippen molar-refractivity contribution in [1.29, 1.82) is 0 Å². The quantitative estimate of drug-likeness (QED) is 0.177. The van der Waals surface area contributed by atoms with Crippen molar-refractivity contribution in [1.82, 2.24) is 0 Å². The van der Waals surface area contributed by atoms with Crippen molar-refractivity contribution >= 4 is 0 Å². The maximum absolute atomic E-state index is 2.37. The van der Waals surface area contributed by atoms with E-state index in [1.807, 2.05) is 0 Å². The van der Waals surface area contributed by atoms with Crippen LogP contribution in [-0.4, -0.2) is 0 Å². The van der Waals surface area contributed by atoms with Gasteiger partial charge in [-0.25, -0.2) is 0 Å². The van der Waals surface area contributed by atoms with Gasteiger partial charge in [0.05, 0.1) is 0 Å². The van der Waals surface area contributed by atoms with E-state index < -0.39 is 0 Å². The van der Waals surface area contributed by atoms with E-state index in [2.05, 4.69) is 27.7 Å². The Morgan fingerprint density at radius 3 is 1.15 bits per heavy atom. The highest BCUT2D eigenvalue weighted by Gasteiger charge is 2.16. The van der Waals surface area contributed by atoms with Crippen LogP contribution in [0.5, 0.6) is 0 Å². The summed E-state index contributed by atoms with van der Waals surface area (Å²) >= 11 is 0. The third-order valence-corrected chi connectivity index (χ3v) is 6.28. The molecular weight excluding hydrogens is 312 g/mol. The van der Waals surface area contributed by atoms with Crippen LogP contribution in [0.25, 0.3) is 0 Å². The van der Waals surface area contributed by atoms with E-state index in [1.54, 1.807) is 6.42 Å². The van der Waals surface area contributed by atoms with Gasteiger partial charge >= 0.3 is 0 Å². The lowest BCUT2D eigenvalue weighted by Crippen LogP contribution is -2.10. The van der Waals surface area contributed by atoms with E-state index in [4.69, 9.17) is 0 Å². The lowest BCUT2D eigenvalue weighted by molar-refractivity contribution is 0.284. The summed E-state index contributed by atoms with van der Waals surface area (Å²) in [5.74, 6) is 2.05. The Kier molecular flexibility index (Phi) is 21.3. The van der Waals surface area contributed by atoms with E-state index in [-0.39, 0.29) is 0 Å². The molecule has 158 valence electrons. The molecule has 0 fully saturated rings. The van der Waals surface area contributed by atoms with Gasteiger partial charge in [0.25, 0.3) is 0 Å². The molecule has 0 bridgehead atoms. The third kappa shape index (κ3) is 17.4. The highest BCUT2D eigenvalue weighted by molar-refractivity contribution is 4.69. The maximum Gasteiger partial charge on any atom is -0.0412 e. The van der Waals surface area contributed by atoms with Crippen LogP contribution >= 0.6 is 0 Å². The van der Waals surface area contributed by atoms with Crippen LogP contribution in [0, 0.1) is 11.8 Å². The van der Waals surface area contributed by atoms with E-state index in [9.17, 15) is 0 Å². The number of unbranched alkanes of at least 4 members (excludes halogenated alkanes) is 11. The zero-order valence-corrected chi connectivity index (χ0v) is 19.3. The molecule has 0 heteroatoms. The van der Waals surface area contributed by atoms with Crippen LogP contribution in [0.15, 0.2) is 0 Å².